The molecule has 6 heteroatoms. The predicted octanol–water partition coefficient (Wildman–Crippen LogP) is 0.546. The van der Waals surface area contributed by atoms with Crippen LogP contribution < -0.4 is 10.8 Å². The minimum Gasteiger partial charge on any atom is -0.358 e. The minimum absolute atomic E-state index is 0.226. The number of amides is 2. The van der Waals surface area contributed by atoms with E-state index < -0.39 is 5.41 Å². The van der Waals surface area contributed by atoms with Crippen molar-refractivity contribution in [2.24, 2.45) is 5.41 Å². The summed E-state index contributed by atoms with van der Waals surface area (Å²) in [4.78, 5) is 32.9. The van der Waals surface area contributed by atoms with E-state index in [0.29, 0.717) is 12.8 Å². The first-order valence-electron chi connectivity index (χ1n) is 6.22. The van der Waals surface area contributed by atoms with Gasteiger partial charge in [0.2, 0.25) is 5.91 Å². The Morgan fingerprint density at radius 2 is 2.21 bits per heavy atom. The third kappa shape index (κ3) is 2.73. The Bertz CT molecular complexity index is 457. The van der Waals surface area contributed by atoms with E-state index in [4.69, 9.17) is 4.84 Å². The second-order valence-corrected chi connectivity index (χ2v) is 4.60. The van der Waals surface area contributed by atoms with Gasteiger partial charge in [-0.1, -0.05) is 12.5 Å². The first kappa shape index (κ1) is 13.5. The summed E-state index contributed by atoms with van der Waals surface area (Å²) in [6.45, 7) is 0.226. The lowest BCUT2D eigenvalue weighted by Crippen LogP contribution is -2.54. The molecule has 1 fully saturated rings. The van der Waals surface area contributed by atoms with Crippen LogP contribution in [0, 0.1) is 5.41 Å². The Kier molecular flexibility index (Phi) is 4.11. The maximum atomic E-state index is 12.0. The Hall–Kier alpha value is -1.95. The molecule has 6 nitrogen and oxygen atoms in total. The van der Waals surface area contributed by atoms with Crippen LogP contribution in [0.1, 0.15) is 24.8 Å². The maximum Gasteiger partial charge on any atom is 0.259 e. The van der Waals surface area contributed by atoms with Crippen molar-refractivity contribution < 1.29 is 14.4 Å². The van der Waals surface area contributed by atoms with E-state index in [0.717, 1.165) is 12.0 Å². The highest BCUT2D eigenvalue weighted by atomic mass is 16.6. The van der Waals surface area contributed by atoms with Gasteiger partial charge in [0.05, 0.1) is 0 Å². The van der Waals surface area contributed by atoms with Crippen LogP contribution >= 0.6 is 0 Å². The van der Waals surface area contributed by atoms with E-state index in [-0.39, 0.29) is 18.4 Å². The van der Waals surface area contributed by atoms with Gasteiger partial charge < -0.3 is 5.32 Å². The van der Waals surface area contributed by atoms with Gasteiger partial charge in [-0.05, 0) is 24.5 Å². The molecule has 1 saturated carbocycles. The molecule has 102 valence electrons. The number of hydrogen-bond donors (Lipinski definition) is 2. The van der Waals surface area contributed by atoms with Crippen LogP contribution in [0.25, 0.3) is 0 Å². The number of hydrogen-bond acceptors (Lipinski definition) is 4. The zero-order chi connectivity index (χ0) is 13.7. The molecule has 2 amide bonds. The molecule has 0 aliphatic heterocycles. The highest BCUT2D eigenvalue weighted by Gasteiger charge is 2.50. The normalized spacial score (nSPS) is 16.3. The van der Waals surface area contributed by atoms with Crippen LogP contribution in [0.3, 0.4) is 0 Å². The summed E-state index contributed by atoms with van der Waals surface area (Å²) in [7, 11) is 1.53. The summed E-state index contributed by atoms with van der Waals surface area (Å²) in [6.07, 6.45) is 5.33. The molecule has 0 aromatic carbocycles. The highest BCUT2D eigenvalue weighted by molar-refractivity contribution is 6.05. The molecule has 0 atom stereocenters. The number of carbonyl (C=O) groups is 2. The molecule has 2 N–H and O–H groups in total. The average molecular weight is 263 g/mol. The fourth-order valence-electron chi connectivity index (χ4n) is 2.09. The van der Waals surface area contributed by atoms with Crippen molar-refractivity contribution in [1.82, 2.24) is 15.8 Å². The van der Waals surface area contributed by atoms with E-state index in [2.05, 4.69) is 15.8 Å². The Morgan fingerprint density at radius 3 is 2.74 bits per heavy atom. The number of pyridine rings is 1. The van der Waals surface area contributed by atoms with E-state index >= 15 is 0 Å². The van der Waals surface area contributed by atoms with Gasteiger partial charge in [-0.2, -0.15) is 0 Å². The topological polar surface area (TPSA) is 80.3 Å². The molecule has 0 saturated heterocycles. The first-order chi connectivity index (χ1) is 9.19. The largest absolute Gasteiger partial charge is 0.358 e. The number of nitrogens with zero attached hydrogens (tertiary/aromatic N) is 1. The molecule has 1 aromatic heterocycles. The Morgan fingerprint density at radius 1 is 1.42 bits per heavy atom. The standard InChI is InChI=1S/C13H17N3O3/c1-14-11(17)13(5-3-6-13)12(18)16-19-9-10-4-2-7-15-8-10/h2,4,7-8H,3,5-6,9H2,1H3,(H,14,17)(H,16,18). The van der Waals surface area contributed by atoms with E-state index in [1.165, 1.54) is 7.05 Å². The predicted molar refractivity (Wildman–Crippen MR) is 67.5 cm³/mol. The molecule has 1 aliphatic carbocycles. The van der Waals surface area contributed by atoms with E-state index in [1.54, 1.807) is 18.5 Å². The first-order valence-corrected chi connectivity index (χ1v) is 6.22. The number of hydroxylamine groups is 1. The SMILES string of the molecule is CNC(=O)C1(C(=O)NOCc2cccnc2)CCC1. The van der Waals surface area contributed by atoms with Crippen LogP contribution in [-0.2, 0) is 21.0 Å². The lowest BCUT2D eigenvalue weighted by Gasteiger charge is -2.37. The molecule has 1 aromatic rings. The molecular weight excluding hydrogens is 246 g/mol. The second-order valence-electron chi connectivity index (χ2n) is 4.60. The number of aromatic nitrogens is 1. The van der Waals surface area contributed by atoms with Crippen molar-refractivity contribution in [3.05, 3.63) is 30.1 Å². The Balaban J connectivity index is 1.86. The number of rotatable bonds is 5. The summed E-state index contributed by atoms with van der Waals surface area (Å²) in [5.74, 6) is -0.622. The molecule has 2 rings (SSSR count). The van der Waals surface area contributed by atoms with Crippen molar-refractivity contribution in [2.75, 3.05) is 7.05 Å². The summed E-state index contributed by atoms with van der Waals surface area (Å²) in [5, 5.41) is 2.53. The molecule has 0 unspecified atom stereocenters. The smallest absolute Gasteiger partial charge is 0.259 e. The van der Waals surface area contributed by atoms with Crippen molar-refractivity contribution in [3.63, 3.8) is 0 Å². The van der Waals surface area contributed by atoms with Gasteiger partial charge in [0.15, 0.2) is 0 Å². The van der Waals surface area contributed by atoms with Gasteiger partial charge in [0.1, 0.15) is 12.0 Å². The minimum atomic E-state index is -0.955. The quantitative estimate of drug-likeness (QED) is 0.600. The molecule has 0 radical (unpaired) electrons. The van der Waals surface area contributed by atoms with Crippen LogP contribution in [0.15, 0.2) is 24.5 Å². The van der Waals surface area contributed by atoms with Crippen molar-refractivity contribution >= 4 is 11.8 Å². The number of nitrogens with one attached hydrogen (secondary N) is 2. The van der Waals surface area contributed by atoms with Gasteiger partial charge in [0, 0.05) is 19.4 Å². The zero-order valence-electron chi connectivity index (χ0n) is 10.8. The Labute approximate surface area is 111 Å². The molecule has 0 spiro atoms. The third-order valence-electron chi connectivity index (χ3n) is 3.43. The summed E-state index contributed by atoms with van der Waals surface area (Å²) >= 11 is 0. The fraction of sp³-hybridized carbons (Fsp3) is 0.462. The van der Waals surface area contributed by atoms with Gasteiger partial charge in [-0.3, -0.25) is 19.4 Å². The van der Waals surface area contributed by atoms with Crippen LogP contribution in [-0.4, -0.2) is 23.8 Å². The van der Waals surface area contributed by atoms with E-state index in [9.17, 15) is 9.59 Å². The third-order valence-corrected chi connectivity index (χ3v) is 3.43. The molecule has 0 bridgehead atoms. The summed E-state index contributed by atoms with van der Waals surface area (Å²) in [5.41, 5.74) is 2.26. The van der Waals surface area contributed by atoms with Crippen molar-refractivity contribution in [3.8, 4) is 0 Å². The van der Waals surface area contributed by atoms with Crippen molar-refractivity contribution in [1.29, 1.82) is 0 Å². The molecular formula is C13H17N3O3. The van der Waals surface area contributed by atoms with Crippen molar-refractivity contribution in [2.45, 2.75) is 25.9 Å². The fourth-order valence-corrected chi connectivity index (χ4v) is 2.09. The van der Waals surface area contributed by atoms with Gasteiger partial charge in [-0.25, -0.2) is 5.48 Å². The van der Waals surface area contributed by atoms with Gasteiger partial charge in [-0.15, -0.1) is 0 Å². The van der Waals surface area contributed by atoms with Gasteiger partial charge >= 0.3 is 0 Å². The lowest BCUT2D eigenvalue weighted by atomic mass is 9.67. The monoisotopic (exact) mass is 263 g/mol. The highest BCUT2D eigenvalue weighted by Crippen LogP contribution is 2.41. The molecule has 1 aliphatic rings. The lowest BCUT2D eigenvalue weighted by molar-refractivity contribution is -0.158. The van der Waals surface area contributed by atoms with Crippen LogP contribution in [0.4, 0.5) is 0 Å². The average Bonchev–Trinajstić information content (AvgIpc) is 2.38. The maximum absolute atomic E-state index is 12.0. The zero-order valence-corrected chi connectivity index (χ0v) is 10.8. The summed E-state index contributed by atoms with van der Waals surface area (Å²) < 4.78 is 0. The molecule has 19 heavy (non-hydrogen) atoms. The number of carbonyl (C=O) groups excluding carboxylic acids is 2. The second kappa shape index (κ2) is 5.79. The van der Waals surface area contributed by atoms with Gasteiger partial charge in [0.25, 0.3) is 5.91 Å². The van der Waals surface area contributed by atoms with E-state index in [1.807, 2.05) is 6.07 Å². The molecule has 1 heterocycles. The van der Waals surface area contributed by atoms with Crippen LogP contribution in [0.2, 0.25) is 0 Å². The summed E-state index contributed by atoms with van der Waals surface area (Å²) in [6, 6.07) is 3.63. The van der Waals surface area contributed by atoms with Crippen LogP contribution in [0.5, 0.6) is 0 Å².